The number of carbonyl (C=O) groups excluding carboxylic acids is 2. The number of nitrogens with zero attached hydrogens (tertiary/aromatic N) is 1. The van der Waals surface area contributed by atoms with Crippen molar-refractivity contribution in [3.8, 4) is 0 Å². The summed E-state index contributed by atoms with van der Waals surface area (Å²) in [5, 5.41) is 11.6. The molecule has 0 aliphatic carbocycles. The molecule has 26 heavy (non-hydrogen) atoms. The third-order valence-corrected chi connectivity index (χ3v) is 5.23. The van der Waals surface area contributed by atoms with Crippen molar-refractivity contribution in [1.29, 1.82) is 0 Å². The molecule has 1 N–H and O–H groups in total. The van der Waals surface area contributed by atoms with Crippen molar-refractivity contribution >= 4 is 23.2 Å². The monoisotopic (exact) mass is 349 g/mol. The molecule has 3 unspecified atom stereocenters. The lowest BCUT2D eigenvalue weighted by Crippen LogP contribution is -2.35. The van der Waals surface area contributed by atoms with Crippen LogP contribution in [-0.4, -0.2) is 29.0 Å². The van der Waals surface area contributed by atoms with Gasteiger partial charge in [-0.2, -0.15) is 0 Å². The first-order valence-electron chi connectivity index (χ1n) is 8.56. The standard InChI is InChI=1S/C21H19NO4/c1-26-21(25)15-11-18(24)22-17-10-6-5-9-14(17)16(12-23)20(22)19(15)13-7-3-2-4-8-13/h2-10,12,15,18-19,24H,11H2,1H3. The van der Waals surface area contributed by atoms with E-state index >= 15 is 0 Å². The average Bonchev–Trinajstić information content (AvgIpc) is 3.02. The summed E-state index contributed by atoms with van der Waals surface area (Å²) in [4.78, 5) is 24.5. The predicted molar refractivity (Wildman–Crippen MR) is 97.0 cm³/mol. The van der Waals surface area contributed by atoms with Crippen LogP contribution in [0, 0.1) is 5.92 Å². The van der Waals surface area contributed by atoms with Crippen molar-refractivity contribution in [3.63, 3.8) is 0 Å². The minimum atomic E-state index is -0.896. The van der Waals surface area contributed by atoms with Gasteiger partial charge in [-0.15, -0.1) is 0 Å². The Balaban J connectivity index is 2.06. The van der Waals surface area contributed by atoms with E-state index in [9.17, 15) is 14.7 Å². The smallest absolute Gasteiger partial charge is 0.309 e. The minimum absolute atomic E-state index is 0.232. The van der Waals surface area contributed by atoms with E-state index in [1.54, 1.807) is 4.57 Å². The SMILES string of the molecule is COC(=O)C1CC(O)n2c(c(C=O)c3ccccc32)C1c1ccccc1. The van der Waals surface area contributed by atoms with Crippen LogP contribution >= 0.6 is 0 Å². The lowest BCUT2D eigenvalue weighted by atomic mass is 9.77. The van der Waals surface area contributed by atoms with Crippen molar-refractivity contribution in [1.82, 2.24) is 4.57 Å². The molecule has 0 bridgehead atoms. The summed E-state index contributed by atoms with van der Waals surface area (Å²) in [6, 6.07) is 17.1. The number of methoxy groups -OCH3 is 1. The van der Waals surface area contributed by atoms with Crippen LogP contribution in [0.3, 0.4) is 0 Å². The molecule has 0 saturated carbocycles. The number of aromatic nitrogens is 1. The molecule has 1 aliphatic rings. The summed E-state index contributed by atoms with van der Waals surface area (Å²) in [5.74, 6) is -1.31. The molecule has 2 aromatic carbocycles. The maximum Gasteiger partial charge on any atom is 0.309 e. The fraction of sp³-hybridized carbons (Fsp3) is 0.238. The molecule has 0 spiro atoms. The van der Waals surface area contributed by atoms with Gasteiger partial charge in [-0.05, 0) is 11.6 Å². The Morgan fingerprint density at radius 2 is 1.85 bits per heavy atom. The van der Waals surface area contributed by atoms with Gasteiger partial charge in [-0.3, -0.25) is 9.59 Å². The summed E-state index contributed by atoms with van der Waals surface area (Å²) < 4.78 is 6.79. The van der Waals surface area contributed by atoms with E-state index in [2.05, 4.69) is 0 Å². The van der Waals surface area contributed by atoms with Crippen molar-refractivity contribution in [2.45, 2.75) is 18.6 Å². The van der Waals surface area contributed by atoms with Gasteiger partial charge in [0.05, 0.1) is 18.5 Å². The highest BCUT2D eigenvalue weighted by Crippen LogP contribution is 2.46. The zero-order valence-electron chi connectivity index (χ0n) is 14.3. The van der Waals surface area contributed by atoms with E-state index in [1.807, 2.05) is 54.6 Å². The van der Waals surface area contributed by atoms with Crippen molar-refractivity contribution < 1.29 is 19.4 Å². The molecule has 3 aromatic rings. The number of fused-ring (bicyclic) bond motifs is 3. The Bertz CT molecular complexity index is 976. The molecule has 0 amide bonds. The molecule has 1 aliphatic heterocycles. The van der Waals surface area contributed by atoms with Crippen molar-refractivity contribution in [3.05, 3.63) is 71.4 Å². The Labute approximate surface area is 150 Å². The minimum Gasteiger partial charge on any atom is -0.469 e. The van der Waals surface area contributed by atoms with E-state index < -0.39 is 12.1 Å². The summed E-state index contributed by atoms with van der Waals surface area (Å²) >= 11 is 0. The number of aldehydes is 1. The van der Waals surface area contributed by atoms with Crippen LogP contribution in [0.5, 0.6) is 0 Å². The van der Waals surface area contributed by atoms with E-state index in [-0.39, 0.29) is 18.3 Å². The molecule has 1 aromatic heterocycles. The van der Waals surface area contributed by atoms with Crippen LogP contribution in [-0.2, 0) is 9.53 Å². The van der Waals surface area contributed by atoms with Crippen LogP contribution in [0.4, 0.5) is 0 Å². The Morgan fingerprint density at radius 3 is 2.54 bits per heavy atom. The van der Waals surface area contributed by atoms with Gasteiger partial charge in [0, 0.05) is 29.0 Å². The first kappa shape index (κ1) is 16.5. The summed E-state index contributed by atoms with van der Waals surface area (Å²) in [7, 11) is 1.35. The Hall–Kier alpha value is -2.92. The number of carbonyl (C=O) groups is 2. The van der Waals surface area contributed by atoms with Gasteiger partial charge < -0.3 is 14.4 Å². The number of para-hydroxylation sites is 1. The van der Waals surface area contributed by atoms with E-state index in [0.29, 0.717) is 11.3 Å². The number of aliphatic hydroxyl groups is 1. The molecule has 4 rings (SSSR count). The van der Waals surface area contributed by atoms with E-state index in [4.69, 9.17) is 4.74 Å². The van der Waals surface area contributed by atoms with Crippen LogP contribution < -0.4 is 0 Å². The molecule has 0 fully saturated rings. The lowest BCUT2D eigenvalue weighted by Gasteiger charge is -2.35. The summed E-state index contributed by atoms with van der Waals surface area (Å²) in [5.41, 5.74) is 2.90. The van der Waals surface area contributed by atoms with E-state index in [1.165, 1.54) is 7.11 Å². The van der Waals surface area contributed by atoms with Gasteiger partial charge in [-0.25, -0.2) is 0 Å². The van der Waals surface area contributed by atoms with Gasteiger partial charge in [0.15, 0.2) is 6.29 Å². The number of esters is 1. The third kappa shape index (κ3) is 2.35. The number of rotatable bonds is 3. The summed E-state index contributed by atoms with van der Waals surface area (Å²) in [6.45, 7) is 0. The second kappa shape index (κ2) is 6.42. The van der Waals surface area contributed by atoms with Crippen molar-refractivity contribution in [2.75, 3.05) is 7.11 Å². The molecular weight excluding hydrogens is 330 g/mol. The van der Waals surface area contributed by atoms with Gasteiger partial charge in [0.25, 0.3) is 0 Å². The highest BCUT2D eigenvalue weighted by molar-refractivity contribution is 6.00. The topological polar surface area (TPSA) is 68.5 Å². The first-order valence-corrected chi connectivity index (χ1v) is 8.56. The number of hydrogen-bond acceptors (Lipinski definition) is 4. The Morgan fingerprint density at radius 1 is 1.15 bits per heavy atom. The second-order valence-corrected chi connectivity index (χ2v) is 6.54. The highest BCUT2D eigenvalue weighted by Gasteiger charge is 2.42. The highest BCUT2D eigenvalue weighted by atomic mass is 16.5. The van der Waals surface area contributed by atoms with Crippen molar-refractivity contribution in [2.24, 2.45) is 5.92 Å². The zero-order valence-corrected chi connectivity index (χ0v) is 14.3. The van der Waals surface area contributed by atoms with Crippen LogP contribution in [0.15, 0.2) is 54.6 Å². The number of aliphatic hydroxyl groups excluding tert-OH is 1. The quantitative estimate of drug-likeness (QED) is 0.582. The fourth-order valence-corrected chi connectivity index (χ4v) is 4.16. The van der Waals surface area contributed by atoms with Gasteiger partial charge in [0.2, 0.25) is 0 Å². The maximum absolute atomic E-state index is 12.5. The molecule has 3 atom stereocenters. The molecular formula is C21H19NO4. The molecule has 5 nitrogen and oxygen atoms in total. The van der Waals surface area contributed by atoms with Gasteiger partial charge >= 0.3 is 5.97 Å². The zero-order chi connectivity index (χ0) is 18.3. The average molecular weight is 349 g/mol. The van der Waals surface area contributed by atoms with Crippen LogP contribution in [0.25, 0.3) is 10.9 Å². The largest absolute Gasteiger partial charge is 0.469 e. The van der Waals surface area contributed by atoms with Crippen LogP contribution in [0.2, 0.25) is 0 Å². The second-order valence-electron chi connectivity index (χ2n) is 6.54. The number of benzene rings is 2. The maximum atomic E-state index is 12.5. The molecule has 0 saturated heterocycles. The Kier molecular flexibility index (Phi) is 4.09. The van der Waals surface area contributed by atoms with Crippen LogP contribution in [0.1, 0.15) is 40.2 Å². The number of hydrogen-bond donors (Lipinski definition) is 1. The van der Waals surface area contributed by atoms with E-state index in [0.717, 1.165) is 22.8 Å². The number of ether oxygens (including phenoxy) is 1. The lowest BCUT2D eigenvalue weighted by molar-refractivity contribution is -0.148. The predicted octanol–water partition coefficient (Wildman–Crippen LogP) is 3.27. The normalized spacial score (nSPS) is 22.0. The third-order valence-electron chi connectivity index (χ3n) is 5.23. The van der Waals surface area contributed by atoms with Gasteiger partial charge in [0.1, 0.15) is 6.23 Å². The molecule has 2 heterocycles. The first-order chi connectivity index (χ1) is 12.7. The summed E-state index contributed by atoms with van der Waals surface area (Å²) in [6.07, 6.45) is 0.153. The molecule has 0 radical (unpaired) electrons. The molecule has 5 heteroatoms. The molecule has 132 valence electrons. The van der Waals surface area contributed by atoms with Gasteiger partial charge in [-0.1, -0.05) is 48.5 Å². The fourth-order valence-electron chi connectivity index (χ4n) is 4.16.